The summed E-state index contributed by atoms with van der Waals surface area (Å²) in [6, 6.07) is 0. The maximum atomic E-state index is 5.78. The van der Waals surface area contributed by atoms with Gasteiger partial charge < -0.3 is 4.90 Å². The quantitative estimate of drug-likeness (QED) is 0.845. The van der Waals surface area contributed by atoms with Crippen molar-refractivity contribution in [1.82, 2.24) is 15.0 Å². The van der Waals surface area contributed by atoms with Gasteiger partial charge in [0.05, 0.1) is 0 Å². The summed E-state index contributed by atoms with van der Waals surface area (Å²) in [6.07, 6.45) is 1.07. The second-order valence-corrected chi connectivity index (χ2v) is 5.37. The molecule has 0 radical (unpaired) electrons. The minimum absolute atomic E-state index is 0.0806. The lowest BCUT2D eigenvalue weighted by Crippen LogP contribution is -2.47. The van der Waals surface area contributed by atoms with E-state index in [9.17, 15) is 0 Å². The molecule has 0 aliphatic carbocycles. The predicted octanol–water partition coefficient (Wildman–Crippen LogP) is 3.44. The van der Waals surface area contributed by atoms with E-state index in [-0.39, 0.29) is 16.1 Å². The number of rotatable bonds is 4. The molecule has 1 unspecified atom stereocenters. The molecule has 1 aromatic rings. The number of halogens is 2. The Morgan fingerprint density at radius 3 is 2.06 bits per heavy atom. The largest absolute Gasteiger partial charge is 0.338 e. The fourth-order valence-corrected chi connectivity index (χ4v) is 1.91. The second-order valence-electron chi connectivity index (χ2n) is 4.70. The Morgan fingerprint density at radius 2 is 1.65 bits per heavy atom. The fourth-order valence-electron chi connectivity index (χ4n) is 1.55. The van der Waals surface area contributed by atoms with E-state index in [4.69, 9.17) is 23.2 Å². The highest BCUT2D eigenvalue weighted by atomic mass is 35.5. The van der Waals surface area contributed by atoms with Crippen LogP contribution in [-0.2, 0) is 0 Å². The first-order valence-corrected chi connectivity index (χ1v) is 6.35. The van der Waals surface area contributed by atoms with Crippen LogP contribution in [-0.4, -0.2) is 27.5 Å². The van der Waals surface area contributed by atoms with Crippen LogP contribution in [0, 0.1) is 5.92 Å². The van der Waals surface area contributed by atoms with Gasteiger partial charge in [0, 0.05) is 12.6 Å². The van der Waals surface area contributed by atoms with Crippen molar-refractivity contribution in [3.8, 4) is 0 Å². The Kier molecular flexibility index (Phi) is 4.55. The van der Waals surface area contributed by atoms with Gasteiger partial charge in [0.15, 0.2) is 0 Å². The Morgan fingerprint density at radius 1 is 1.18 bits per heavy atom. The van der Waals surface area contributed by atoms with Crippen LogP contribution in [0.1, 0.15) is 34.1 Å². The average Bonchev–Trinajstić information content (AvgIpc) is 2.25. The van der Waals surface area contributed by atoms with Crippen molar-refractivity contribution >= 4 is 29.2 Å². The molecule has 1 aromatic heterocycles. The Balaban J connectivity index is 3.07. The molecule has 6 heteroatoms. The SMILES string of the molecule is CCC(C)C(C)(C)N(C)c1nc(Cl)nc(Cl)n1. The first-order valence-electron chi connectivity index (χ1n) is 5.60. The molecule has 4 nitrogen and oxygen atoms in total. The van der Waals surface area contributed by atoms with Crippen LogP contribution < -0.4 is 4.90 Å². The molecule has 0 aliphatic heterocycles. The lowest BCUT2D eigenvalue weighted by Gasteiger charge is -2.40. The van der Waals surface area contributed by atoms with E-state index < -0.39 is 0 Å². The van der Waals surface area contributed by atoms with Crippen molar-refractivity contribution in [3.63, 3.8) is 0 Å². The highest BCUT2D eigenvalue weighted by Crippen LogP contribution is 2.29. The van der Waals surface area contributed by atoms with Crippen molar-refractivity contribution in [1.29, 1.82) is 0 Å². The van der Waals surface area contributed by atoms with Crippen molar-refractivity contribution in [2.75, 3.05) is 11.9 Å². The molecule has 96 valence electrons. The fraction of sp³-hybridized carbons (Fsp3) is 0.727. The summed E-state index contributed by atoms with van der Waals surface area (Å²) in [5, 5.41) is 0.235. The normalized spacial score (nSPS) is 13.6. The van der Waals surface area contributed by atoms with E-state index in [2.05, 4.69) is 42.6 Å². The standard InChI is InChI=1S/C11H18Cl2N4/c1-6-7(2)11(3,4)17(5)10-15-8(12)14-9(13)16-10/h7H,6H2,1-5H3. The van der Waals surface area contributed by atoms with Crippen LogP contribution in [0.2, 0.25) is 10.6 Å². The van der Waals surface area contributed by atoms with E-state index in [0.29, 0.717) is 11.9 Å². The Bertz CT molecular complexity index is 375. The third-order valence-corrected chi connectivity index (χ3v) is 3.89. The third-order valence-electron chi connectivity index (χ3n) is 3.55. The molecule has 0 aromatic carbocycles. The summed E-state index contributed by atoms with van der Waals surface area (Å²) < 4.78 is 0. The first kappa shape index (κ1) is 14.5. The summed E-state index contributed by atoms with van der Waals surface area (Å²) in [5.74, 6) is 0.988. The number of hydrogen-bond donors (Lipinski definition) is 0. The third kappa shape index (κ3) is 3.19. The van der Waals surface area contributed by atoms with Gasteiger partial charge >= 0.3 is 0 Å². The van der Waals surface area contributed by atoms with Crippen LogP contribution in [0.4, 0.5) is 5.95 Å². The summed E-state index contributed by atoms with van der Waals surface area (Å²) in [6.45, 7) is 8.65. The number of hydrogen-bond acceptors (Lipinski definition) is 4. The van der Waals surface area contributed by atoms with Crippen molar-refractivity contribution in [3.05, 3.63) is 10.6 Å². The minimum Gasteiger partial charge on any atom is -0.338 e. The summed E-state index contributed by atoms with van der Waals surface area (Å²) in [4.78, 5) is 13.9. The minimum atomic E-state index is -0.0806. The maximum Gasteiger partial charge on any atom is 0.231 e. The molecular weight excluding hydrogens is 259 g/mol. The van der Waals surface area contributed by atoms with Gasteiger partial charge in [-0.2, -0.15) is 15.0 Å². The Labute approximate surface area is 112 Å². The van der Waals surface area contributed by atoms with Gasteiger partial charge in [-0.3, -0.25) is 0 Å². The van der Waals surface area contributed by atoms with Crippen LogP contribution in [0.15, 0.2) is 0 Å². The maximum absolute atomic E-state index is 5.78. The summed E-state index contributed by atoms with van der Waals surface area (Å²) in [5.41, 5.74) is -0.0806. The first-order chi connectivity index (χ1) is 7.78. The molecular formula is C11H18Cl2N4. The van der Waals surface area contributed by atoms with Crippen LogP contribution >= 0.6 is 23.2 Å². The molecule has 0 saturated carbocycles. The number of nitrogens with zero attached hydrogens (tertiary/aromatic N) is 4. The molecule has 1 heterocycles. The topological polar surface area (TPSA) is 41.9 Å². The van der Waals surface area contributed by atoms with Gasteiger partial charge in [0.1, 0.15) is 0 Å². The molecule has 17 heavy (non-hydrogen) atoms. The lowest BCUT2D eigenvalue weighted by atomic mass is 9.86. The Hall–Kier alpha value is -0.610. The van der Waals surface area contributed by atoms with Gasteiger partial charge in [-0.25, -0.2) is 0 Å². The van der Waals surface area contributed by atoms with E-state index in [1.165, 1.54) is 0 Å². The zero-order valence-corrected chi connectivity index (χ0v) is 12.3. The monoisotopic (exact) mass is 276 g/mol. The van der Waals surface area contributed by atoms with Crippen molar-refractivity contribution in [2.24, 2.45) is 5.92 Å². The van der Waals surface area contributed by atoms with E-state index >= 15 is 0 Å². The van der Waals surface area contributed by atoms with E-state index in [1.807, 2.05) is 11.9 Å². The lowest BCUT2D eigenvalue weighted by molar-refractivity contribution is 0.319. The van der Waals surface area contributed by atoms with Gasteiger partial charge in [-0.05, 0) is 43.0 Å². The zero-order chi connectivity index (χ0) is 13.2. The van der Waals surface area contributed by atoms with E-state index in [0.717, 1.165) is 6.42 Å². The molecule has 0 N–H and O–H groups in total. The summed E-state index contributed by atoms with van der Waals surface area (Å²) in [7, 11) is 1.94. The highest BCUT2D eigenvalue weighted by Gasteiger charge is 2.31. The van der Waals surface area contributed by atoms with Crippen LogP contribution in [0.5, 0.6) is 0 Å². The van der Waals surface area contributed by atoms with Gasteiger partial charge in [-0.15, -0.1) is 0 Å². The summed E-state index contributed by atoms with van der Waals surface area (Å²) >= 11 is 11.6. The zero-order valence-electron chi connectivity index (χ0n) is 10.8. The smallest absolute Gasteiger partial charge is 0.231 e. The molecule has 0 spiro atoms. The van der Waals surface area contributed by atoms with Crippen LogP contribution in [0.3, 0.4) is 0 Å². The molecule has 0 saturated heterocycles. The molecule has 1 rings (SSSR count). The highest BCUT2D eigenvalue weighted by molar-refractivity contribution is 6.31. The van der Waals surface area contributed by atoms with Gasteiger partial charge in [0.25, 0.3) is 0 Å². The second kappa shape index (κ2) is 5.36. The predicted molar refractivity (Wildman–Crippen MR) is 71.8 cm³/mol. The average molecular weight is 277 g/mol. The van der Waals surface area contributed by atoms with E-state index in [1.54, 1.807) is 0 Å². The van der Waals surface area contributed by atoms with Gasteiger partial charge in [0.2, 0.25) is 16.5 Å². The van der Waals surface area contributed by atoms with Crippen molar-refractivity contribution < 1.29 is 0 Å². The number of anilines is 1. The molecule has 0 aliphatic rings. The number of aromatic nitrogens is 3. The van der Waals surface area contributed by atoms with Crippen molar-refractivity contribution in [2.45, 2.75) is 39.7 Å². The van der Waals surface area contributed by atoms with Crippen LogP contribution in [0.25, 0.3) is 0 Å². The molecule has 1 atom stereocenters. The molecule has 0 bridgehead atoms. The van der Waals surface area contributed by atoms with Gasteiger partial charge in [-0.1, -0.05) is 20.3 Å². The molecule has 0 amide bonds. The molecule has 0 fully saturated rings.